The second-order valence-electron chi connectivity index (χ2n) is 4.65. The Balaban J connectivity index is 2.02. The molecule has 1 aromatic carbocycles. The average molecular weight is 374 g/mol. The van der Waals surface area contributed by atoms with Crippen molar-refractivity contribution >= 4 is 27.5 Å². The van der Waals surface area contributed by atoms with Gasteiger partial charge in [0.1, 0.15) is 5.75 Å². The Kier molecular flexibility index (Phi) is 5.48. The first-order chi connectivity index (χ1) is 10.5. The molecule has 8 heteroatoms. The summed E-state index contributed by atoms with van der Waals surface area (Å²) >= 11 is 3.27. The number of anilines is 1. The van der Waals surface area contributed by atoms with E-state index in [0.29, 0.717) is 6.54 Å². The van der Waals surface area contributed by atoms with Gasteiger partial charge in [-0.15, -0.1) is 0 Å². The van der Waals surface area contributed by atoms with Gasteiger partial charge in [-0.05, 0) is 28.1 Å². The number of halogens is 3. The molecule has 118 valence electrons. The number of rotatable bonds is 6. The molecule has 1 unspecified atom stereocenters. The zero-order valence-electron chi connectivity index (χ0n) is 11.7. The molecule has 0 aliphatic heterocycles. The van der Waals surface area contributed by atoms with Crippen molar-refractivity contribution in [2.75, 3.05) is 5.32 Å². The minimum Gasteiger partial charge on any atom is -0.433 e. The molecule has 0 saturated carbocycles. The molecule has 5 nitrogen and oxygen atoms in total. The highest BCUT2D eigenvalue weighted by atomic mass is 79.9. The summed E-state index contributed by atoms with van der Waals surface area (Å²) in [5.74, 6) is -0.775. The van der Waals surface area contributed by atoms with E-state index in [2.05, 4.69) is 31.1 Å². The third-order valence-electron chi connectivity index (χ3n) is 2.87. The molecule has 2 rings (SSSR count). The molecule has 1 atom stereocenters. The van der Waals surface area contributed by atoms with Gasteiger partial charge in [-0.25, -0.2) is 0 Å². The molecule has 0 fully saturated rings. The van der Waals surface area contributed by atoms with E-state index in [1.165, 1.54) is 12.1 Å². The maximum Gasteiger partial charge on any atom is 0.387 e. The number of alkyl halides is 2. The molecule has 1 heterocycles. The maximum absolute atomic E-state index is 12.3. The molecule has 0 saturated heterocycles. The third-order valence-corrected chi connectivity index (χ3v) is 3.28. The van der Waals surface area contributed by atoms with E-state index in [-0.39, 0.29) is 17.3 Å². The first-order valence-electron chi connectivity index (χ1n) is 6.48. The number of hydrogen-bond donors (Lipinski definition) is 1. The Labute approximate surface area is 134 Å². The Bertz CT molecular complexity index is 649. The maximum atomic E-state index is 12.3. The Morgan fingerprint density at radius 1 is 1.45 bits per heavy atom. The van der Waals surface area contributed by atoms with Crippen LogP contribution in [-0.2, 0) is 11.3 Å². The molecule has 1 N–H and O–H groups in total. The highest BCUT2D eigenvalue weighted by Gasteiger charge is 2.17. The Hall–Kier alpha value is -1.96. The fraction of sp³-hybridized carbons (Fsp3) is 0.286. The lowest BCUT2D eigenvalue weighted by molar-refractivity contribution is -0.119. The molecular formula is C14H14BrF2N3O2. The highest BCUT2D eigenvalue weighted by Crippen LogP contribution is 2.26. The number of aromatic nitrogens is 2. The molecule has 22 heavy (non-hydrogen) atoms. The van der Waals surface area contributed by atoms with Gasteiger partial charge in [0.05, 0.1) is 28.8 Å². The summed E-state index contributed by atoms with van der Waals surface area (Å²) in [5, 5.41) is 6.66. The van der Waals surface area contributed by atoms with Gasteiger partial charge in [0.15, 0.2) is 0 Å². The monoisotopic (exact) mass is 373 g/mol. The van der Waals surface area contributed by atoms with Gasteiger partial charge in [0.2, 0.25) is 5.91 Å². The summed E-state index contributed by atoms with van der Waals surface area (Å²) in [6.45, 7) is -0.853. The zero-order valence-corrected chi connectivity index (χ0v) is 13.3. The minimum absolute atomic E-state index is 0.0696. The summed E-state index contributed by atoms with van der Waals surface area (Å²) in [6, 6.07) is 6.06. The fourth-order valence-corrected chi connectivity index (χ4v) is 2.15. The van der Waals surface area contributed by atoms with E-state index in [1.54, 1.807) is 36.1 Å². The van der Waals surface area contributed by atoms with Crippen molar-refractivity contribution in [1.82, 2.24) is 9.78 Å². The van der Waals surface area contributed by atoms with Crippen molar-refractivity contribution in [3.05, 3.63) is 41.1 Å². The van der Waals surface area contributed by atoms with Crippen molar-refractivity contribution in [3.63, 3.8) is 0 Å². The van der Waals surface area contributed by atoms with Gasteiger partial charge in [-0.2, -0.15) is 13.9 Å². The van der Waals surface area contributed by atoms with Crippen LogP contribution in [0.4, 0.5) is 14.5 Å². The fourth-order valence-electron chi connectivity index (χ4n) is 1.83. The topological polar surface area (TPSA) is 56.2 Å². The lowest BCUT2D eigenvalue weighted by Gasteiger charge is -2.15. The molecule has 0 aliphatic carbocycles. The lowest BCUT2D eigenvalue weighted by Crippen LogP contribution is -2.25. The van der Waals surface area contributed by atoms with E-state index in [9.17, 15) is 13.6 Å². The van der Waals surface area contributed by atoms with Crippen molar-refractivity contribution in [3.8, 4) is 5.75 Å². The van der Waals surface area contributed by atoms with E-state index >= 15 is 0 Å². The molecule has 2 aromatic rings. The summed E-state index contributed by atoms with van der Waals surface area (Å²) in [6.07, 6.45) is 3.37. The summed E-state index contributed by atoms with van der Waals surface area (Å²) in [7, 11) is 0. The van der Waals surface area contributed by atoms with Crippen LogP contribution in [0.15, 0.2) is 41.1 Å². The van der Waals surface area contributed by atoms with Crippen LogP contribution >= 0.6 is 15.9 Å². The van der Waals surface area contributed by atoms with Crippen LogP contribution in [0, 0.1) is 5.92 Å². The molecular weight excluding hydrogens is 360 g/mol. The number of hydrogen-bond acceptors (Lipinski definition) is 3. The highest BCUT2D eigenvalue weighted by molar-refractivity contribution is 9.10. The molecule has 0 spiro atoms. The second-order valence-corrected chi connectivity index (χ2v) is 5.56. The van der Waals surface area contributed by atoms with E-state index in [4.69, 9.17) is 0 Å². The number of carbonyl (C=O) groups excluding carboxylic acids is 1. The van der Waals surface area contributed by atoms with Crippen LogP contribution in [0.25, 0.3) is 0 Å². The predicted molar refractivity (Wildman–Crippen MR) is 80.8 cm³/mol. The van der Waals surface area contributed by atoms with E-state index < -0.39 is 12.5 Å². The van der Waals surface area contributed by atoms with Gasteiger partial charge < -0.3 is 10.1 Å². The van der Waals surface area contributed by atoms with Gasteiger partial charge >= 0.3 is 6.61 Å². The SMILES string of the molecule is CC(Cn1cc(Br)cn1)C(=O)Nc1ccccc1OC(F)F. The van der Waals surface area contributed by atoms with Gasteiger partial charge in [0, 0.05) is 6.20 Å². The van der Waals surface area contributed by atoms with Crippen molar-refractivity contribution < 1.29 is 18.3 Å². The van der Waals surface area contributed by atoms with Gasteiger partial charge in [-0.1, -0.05) is 19.1 Å². The average Bonchev–Trinajstić information content (AvgIpc) is 2.85. The standard InChI is InChI=1S/C14H14BrF2N3O2/c1-9(7-20-8-10(15)6-18-20)13(21)19-11-4-2-3-5-12(11)22-14(16)17/h2-6,8-9,14H,7H2,1H3,(H,19,21). The minimum atomic E-state index is -2.95. The summed E-state index contributed by atoms with van der Waals surface area (Å²) < 4.78 is 31.5. The van der Waals surface area contributed by atoms with Crippen molar-refractivity contribution in [2.24, 2.45) is 5.92 Å². The summed E-state index contributed by atoms with van der Waals surface area (Å²) in [4.78, 5) is 12.2. The molecule has 1 aromatic heterocycles. The first-order valence-corrected chi connectivity index (χ1v) is 7.27. The van der Waals surface area contributed by atoms with Crippen LogP contribution in [-0.4, -0.2) is 22.3 Å². The van der Waals surface area contributed by atoms with Crippen LogP contribution in [0.2, 0.25) is 0 Å². The van der Waals surface area contributed by atoms with Gasteiger partial charge in [-0.3, -0.25) is 9.48 Å². The largest absolute Gasteiger partial charge is 0.433 e. The lowest BCUT2D eigenvalue weighted by atomic mass is 10.1. The second kappa shape index (κ2) is 7.35. The normalized spacial score (nSPS) is 12.2. The quantitative estimate of drug-likeness (QED) is 0.842. The van der Waals surface area contributed by atoms with E-state index in [0.717, 1.165) is 4.47 Å². The smallest absolute Gasteiger partial charge is 0.387 e. The van der Waals surface area contributed by atoms with Crippen LogP contribution < -0.4 is 10.1 Å². The number of amides is 1. The van der Waals surface area contributed by atoms with Crippen molar-refractivity contribution in [2.45, 2.75) is 20.1 Å². The predicted octanol–water partition coefficient (Wildman–Crippen LogP) is 3.52. The third kappa shape index (κ3) is 4.52. The van der Waals surface area contributed by atoms with E-state index in [1.807, 2.05) is 0 Å². The number of carbonyl (C=O) groups is 1. The van der Waals surface area contributed by atoms with Crippen LogP contribution in [0.3, 0.4) is 0 Å². The molecule has 0 bridgehead atoms. The number of ether oxygens (including phenoxy) is 1. The number of para-hydroxylation sites is 2. The molecule has 0 aliphatic rings. The van der Waals surface area contributed by atoms with Crippen molar-refractivity contribution in [1.29, 1.82) is 0 Å². The number of nitrogens with one attached hydrogen (secondary N) is 1. The summed E-state index contributed by atoms with van der Waals surface area (Å²) in [5.41, 5.74) is 0.210. The molecule has 0 radical (unpaired) electrons. The Morgan fingerprint density at radius 3 is 2.82 bits per heavy atom. The number of nitrogens with zero attached hydrogens (tertiary/aromatic N) is 2. The molecule has 1 amide bonds. The van der Waals surface area contributed by atoms with Crippen LogP contribution in [0.5, 0.6) is 5.75 Å². The van der Waals surface area contributed by atoms with Crippen LogP contribution in [0.1, 0.15) is 6.92 Å². The van der Waals surface area contributed by atoms with Gasteiger partial charge in [0.25, 0.3) is 0 Å². The first kappa shape index (κ1) is 16.4. The zero-order chi connectivity index (χ0) is 16.1. The number of benzene rings is 1. The Morgan fingerprint density at radius 2 is 2.18 bits per heavy atom.